The Hall–Kier alpha value is -3.75. The van der Waals surface area contributed by atoms with Gasteiger partial charge in [-0.2, -0.15) is 0 Å². The highest BCUT2D eigenvalue weighted by Gasteiger charge is 2.37. The summed E-state index contributed by atoms with van der Waals surface area (Å²) in [6.45, 7) is 6.67. The van der Waals surface area contributed by atoms with Gasteiger partial charge in [0.15, 0.2) is 0 Å². The lowest BCUT2D eigenvalue weighted by atomic mass is 9.83. The van der Waals surface area contributed by atoms with Gasteiger partial charge in [-0.05, 0) is 42.5 Å². The number of methoxy groups -OCH3 is 1. The third kappa shape index (κ3) is 4.95. The lowest BCUT2D eigenvalue weighted by molar-refractivity contribution is -0.124. The highest BCUT2D eigenvalue weighted by Crippen LogP contribution is 2.35. The molecule has 9 nitrogen and oxygen atoms in total. The van der Waals surface area contributed by atoms with Crippen LogP contribution in [0.25, 0.3) is 10.9 Å². The summed E-state index contributed by atoms with van der Waals surface area (Å²) in [4.78, 5) is 40.4. The number of nitrogens with zero attached hydrogens (tertiary/aromatic N) is 3. The molecule has 0 saturated carbocycles. The van der Waals surface area contributed by atoms with E-state index < -0.39 is 6.04 Å². The number of likely N-dealkylation sites (tertiary alicyclic amines) is 1. The molecule has 196 valence electrons. The molecule has 2 aromatic heterocycles. The van der Waals surface area contributed by atoms with Crippen LogP contribution in [0.4, 0.5) is 4.79 Å². The van der Waals surface area contributed by atoms with Gasteiger partial charge in [-0.3, -0.25) is 9.59 Å². The van der Waals surface area contributed by atoms with Crippen LogP contribution in [-0.4, -0.2) is 58.8 Å². The molecule has 2 aliphatic rings. The van der Waals surface area contributed by atoms with E-state index in [2.05, 4.69) is 15.2 Å². The highest BCUT2D eigenvalue weighted by atomic mass is 16.5. The number of hydrogen-bond donors (Lipinski definition) is 2. The summed E-state index contributed by atoms with van der Waals surface area (Å²) >= 11 is 0. The van der Waals surface area contributed by atoms with Crippen molar-refractivity contribution >= 4 is 22.8 Å². The van der Waals surface area contributed by atoms with Crippen molar-refractivity contribution in [1.29, 1.82) is 0 Å². The molecule has 2 N–H and O–H groups in total. The van der Waals surface area contributed by atoms with Gasteiger partial charge in [0.1, 0.15) is 11.8 Å². The summed E-state index contributed by atoms with van der Waals surface area (Å²) in [5.41, 5.74) is 2.06. The summed E-state index contributed by atoms with van der Waals surface area (Å²) in [6.07, 6.45) is 2.96. The number of pyridine rings is 1. The number of carbonyl (C=O) groups excluding carboxylic acids is 2. The summed E-state index contributed by atoms with van der Waals surface area (Å²) in [5.74, 6) is 0.933. The van der Waals surface area contributed by atoms with Gasteiger partial charge in [0.2, 0.25) is 5.91 Å². The summed E-state index contributed by atoms with van der Waals surface area (Å²) in [5, 5.41) is 7.01. The Morgan fingerprint density at radius 3 is 2.68 bits per heavy atom. The van der Waals surface area contributed by atoms with Gasteiger partial charge >= 0.3 is 6.03 Å². The lowest BCUT2D eigenvalue weighted by Crippen LogP contribution is -2.57. The van der Waals surface area contributed by atoms with Crippen LogP contribution in [0.2, 0.25) is 0 Å². The number of rotatable bonds is 7. The van der Waals surface area contributed by atoms with E-state index in [4.69, 9.17) is 4.74 Å². The molecular weight excluding hydrogens is 470 g/mol. The molecular formula is C28H35N5O4. The topological polar surface area (TPSA) is 97.6 Å². The Labute approximate surface area is 216 Å². The fourth-order valence-electron chi connectivity index (χ4n) is 5.80. The van der Waals surface area contributed by atoms with Gasteiger partial charge in [-0.1, -0.05) is 26.0 Å². The molecule has 4 heterocycles. The second-order valence-electron chi connectivity index (χ2n) is 10.5. The average Bonchev–Trinajstić information content (AvgIpc) is 3.30. The second kappa shape index (κ2) is 10.3. The van der Waals surface area contributed by atoms with Crippen LogP contribution in [0.15, 0.2) is 53.5 Å². The van der Waals surface area contributed by atoms with E-state index in [9.17, 15) is 14.4 Å². The van der Waals surface area contributed by atoms with Crippen LogP contribution in [0.1, 0.15) is 31.9 Å². The maximum atomic E-state index is 13.2. The Bertz CT molecular complexity index is 1360. The minimum Gasteiger partial charge on any atom is -0.496 e. The van der Waals surface area contributed by atoms with Crippen LogP contribution in [0, 0.1) is 11.8 Å². The number of ether oxygens (including phenoxy) is 1. The van der Waals surface area contributed by atoms with Crippen LogP contribution >= 0.6 is 0 Å². The summed E-state index contributed by atoms with van der Waals surface area (Å²) in [6, 6.07) is 12.4. The van der Waals surface area contributed by atoms with Crippen LogP contribution in [-0.2, 0) is 17.9 Å². The molecule has 2 aliphatic heterocycles. The Kier molecular flexibility index (Phi) is 6.95. The zero-order valence-corrected chi connectivity index (χ0v) is 21.6. The van der Waals surface area contributed by atoms with Crippen molar-refractivity contribution in [3.05, 3.63) is 64.7 Å². The largest absolute Gasteiger partial charge is 0.496 e. The fourth-order valence-corrected chi connectivity index (χ4v) is 5.80. The van der Waals surface area contributed by atoms with Gasteiger partial charge in [0.05, 0.1) is 12.6 Å². The molecule has 37 heavy (non-hydrogen) atoms. The highest BCUT2D eigenvalue weighted by molar-refractivity contribution is 5.88. The molecule has 0 spiro atoms. The Morgan fingerprint density at radius 1 is 1.08 bits per heavy atom. The number of urea groups is 1. The molecule has 3 aromatic rings. The number of nitrogens with one attached hydrogen (secondary N) is 2. The predicted octanol–water partition coefficient (Wildman–Crippen LogP) is 2.78. The first-order chi connectivity index (χ1) is 17.9. The lowest BCUT2D eigenvalue weighted by Gasteiger charge is -2.43. The van der Waals surface area contributed by atoms with Gasteiger partial charge < -0.3 is 29.4 Å². The third-order valence-corrected chi connectivity index (χ3v) is 7.64. The molecule has 1 aromatic carbocycles. The number of hydrogen-bond acceptors (Lipinski definition) is 4. The van der Waals surface area contributed by atoms with Crippen LogP contribution < -0.4 is 20.9 Å². The first-order valence-electron chi connectivity index (χ1n) is 13.0. The van der Waals surface area contributed by atoms with E-state index in [0.717, 1.165) is 28.8 Å². The number of carbonyl (C=O) groups is 2. The van der Waals surface area contributed by atoms with Crippen molar-refractivity contribution in [1.82, 2.24) is 24.7 Å². The summed E-state index contributed by atoms with van der Waals surface area (Å²) < 4.78 is 9.36. The number of amides is 3. The molecule has 0 aliphatic carbocycles. The zero-order valence-electron chi connectivity index (χ0n) is 21.6. The summed E-state index contributed by atoms with van der Waals surface area (Å²) in [7, 11) is 1.66. The standard InChI is InChI=1S/C28H35N5O4/c1-18(2)26(27(35)29-11-13-31-12-10-21-23(31)7-4-8-24(21)37-3)30-28(36)32-15-19-14-20(17-32)22-6-5-9-25(34)33(22)16-19/h4-10,12,18-20,26H,11,13-17H2,1-3H3,(H,29,35)(H,30,36)/t19-,20+,26-/m1/s1. The van der Waals surface area contributed by atoms with E-state index in [1.807, 2.05) is 59.8 Å². The second-order valence-corrected chi connectivity index (χ2v) is 10.5. The van der Waals surface area contributed by atoms with Gasteiger partial charge in [-0.15, -0.1) is 0 Å². The van der Waals surface area contributed by atoms with Crippen molar-refractivity contribution < 1.29 is 14.3 Å². The molecule has 5 rings (SSSR count). The molecule has 3 amide bonds. The Balaban J connectivity index is 1.19. The minimum absolute atomic E-state index is 0.0219. The first kappa shape index (κ1) is 24.9. The maximum absolute atomic E-state index is 13.2. The van der Waals surface area contributed by atoms with Gasteiger partial charge in [0.25, 0.3) is 5.56 Å². The minimum atomic E-state index is -0.634. The van der Waals surface area contributed by atoms with Crippen molar-refractivity contribution in [2.45, 2.75) is 45.3 Å². The van der Waals surface area contributed by atoms with Crippen molar-refractivity contribution in [3.8, 4) is 5.75 Å². The molecule has 1 fully saturated rings. The van der Waals surface area contributed by atoms with E-state index in [1.54, 1.807) is 19.2 Å². The average molecular weight is 506 g/mol. The van der Waals surface area contributed by atoms with Crippen molar-refractivity contribution in [2.24, 2.45) is 11.8 Å². The van der Waals surface area contributed by atoms with E-state index in [-0.39, 0.29) is 35.3 Å². The monoisotopic (exact) mass is 505 g/mol. The maximum Gasteiger partial charge on any atom is 0.318 e. The third-order valence-electron chi connectivity index (χ3n) is 7.64. The van der Waals surface area contributed by atoms with E-state index >= 15 is 0 Å². The first-order valence-corrected chi connectivity index (χ1v) is 13.0. The number of piperidine rings is 1. The molecule has 2 bridgehead atoms. The zero-order chi connectivity index (χ0) is 26.1. The van der Waals surface area contributed by atoms with Crippen LogP contribution in [0.5, 0.6) is 5.75 Å². The van der Waals surface area contributed by atoms with Crippen molar-refractivity contribution in [3.63, 3.8) is 0 Å². The predicted molar refractivity (Wildman–Crippen MR) is 142 cm³/mol. The van der Waals surface area contributed by atoms with E-state index in [1.165, 1.54) is 0 Å². The fraction of sp³-hybridized carbons (Fsp3) is 0.464. The molecule has 1 saturated heterocycles. The quantitative estimate of drug-likeness (QED) is 0.516. The SMILES string of the molecule is COc1cccc2c1ccn2CCNC(=O)[C@H](NC(=O)N1C[C@H]2C[C@@H](C1)c1cccc(=O)n1C2)C(C)C. The smallest absolute Gasteiger partial charge is 0.318 e. The Morgan fingerprint density at radius 2 is 1.89 bits per heavy atom. The molecule has 9 heteroatoms. The molecule has 0 unspecified atom stereocenters. The number of aromatic nitrogens is 2. The molecule has 0 radical (unpaired) electrons. The number of benzene rings is 1. The number of fused-ring (bicyclic) bond motifs is 5. The van der Waals surface area contributed by atoms with Crippen molar-refractivity contribution in [2.75, 3.05) is 26.7 Å². The van der Waals surface area contributed by atoms with Gasteiger partial charge in [0, 0.05) is 62.0 Å². The van der Waals surface area contributed by atoms with Gasteiger partial charge in [-0.25, -0.2) is 4.79 Å². The normalized spacial score (nSPS) is 19.4. The van der Waals surface area contributed by atoms with E-state index in [0.29, 0.717) is 32.7 Å². The van der Waals surface area contributed by atoms with Crippen LogP contribution in [0.3, 0.4) is 0 Å². The molecule has 3 atom stereocenters.